The Morgan fingerprint density at radius 3 is 2.60 bits per heavy atom. The van der Waals surface area contributed by atoms with Crippen LogP contribution in [0.2, 0.25) is 0 Å². The minimum Gasteiger partial charge on any atom is -0.497 e. The van der Waals surface area contributed by atoms with Crippen LogP contribution in [0.5, 0.6) is 5.75 Å². The van der Waals surface area contributed by atoms with Crippen LogP contribution in [-0.4, -0.2) is 35.2 Å². The molecule has 3 aromatic rings. The molecule has 1 aliphatic heterocycles. The fourth-order valence-corrected chi connectivity index (χ4v) is 3.39. The first-order chi connectivity index (χ1) is 12.3. The molecule has 0 spiro atoms. The quantitative estimate of drug-likeness (QED) is 0.765. The third-order valence-corrected chi connectivity index (χ3v) is 4.76. The van der Waals surface area contributed by atoms with E-state index in [1.165, 1.54) is 0 Å². The van der Waals surface area contributed by atoms with Crippen molar-refractivity contribution in [2.45, 2.75) is 18.8 Å². The number of aromatic nitrogens is 3. The second kappa shape index (κ2) is 7.07. The predicted octanol–water partition coefficient (Wildman–Crippen LogP) is 3.61. The molecule has 0 atom stereocenters. The van der Waals surface area contributed by atoms with Crippen LogP contribution in [0.4, 0.5) is 0 Å². The summed E-state index contributed by atoms with van der Waals surface area (Å²) in [6.45, 7) is 2.09. The van der Waals surface area contributed by atoms with Crippen molar-refractivity contribution in [2.24, 2.45) is 0 Å². The normalized spacial score (nSPS) is 15.2. The lowest BCUT2D eigenvalue weighted by Crippen LogP contribution is -2.27. The molecule has 0 saturated carbocycles. The van der Waals surface area contributed by atoms with Gasteiger partial charge in [-0.25, -0.2) is 4.98 Å². The molecule has 128 valence electrons. The highest BCUT2D eigenvalue weighted by Crippen LogP contribution is 2.34. The second-order valence-corrected chi connectivity index (χ2v) is 6.34. The molecule has 0 amide bonds. The number of pyridine rings is 1. The number of nitrogens with one attached hydrogen (secondary N) is 2. The largest absolute Gasteiger partial charge is 0.497 e. The number of H-pyrrole nitrogens is 1. The van der Waals surface area contributed by atoms with Gasteiger partial charge in [0.05, 0.1) is 18.5 Å². The Hall–Kier alpha value is -2.66. The summed E-state index contributed by atoms with van der Waals surface area (Å²) in [4.78, 5) is 12.7. The van der Waals surface area contributed by atoms with E-state index in [1.54, 1.807) is 7.11 Å². The van der Waals surface area contributed by atoms with Crippen LogP contribution in [-0.2, 0) is 0 Å². The van der Waals surface area contributed by atoms with Gasteiger partial charge in [-0.1, -0.05) is 12.1 Å². The van der Waals surface area contributed by atoms with Gasteiger partial charge in [-0.3, -0.25) is 4.98 Å². The summed E-state index contributed by atoms with van der Waals surface area (Å²) < 4.78 is 5.39. The van der Waals surface area contributed by atoms with Gasteiger partial charge in [0, 0.05) is 29.4 Å². The second-order valence-electron chi connectivity index (χ2n) is 6.34. The minimum absolute atomic E-state index is 0.473. The van der Waals surface area contributed by atoms with Gasteiger partial charge in [0.1, 0.15) is 11.6 Å². The molecule has 2 aromatic heterocycles. The molecule has 1 saturated heterocycles. The summed E-state index contributed by atoms with van der Waals surface area (Å²) in [6, 6.07) is 12.1. The van der Waals surface area contributed by atoms with Gasteiger partial charge in [0.25, 0.3) is 0 Å². The van der Waals surface area contributed by atoms with E-state index in [9.17, 15) is 0 Å². The average molecular weight is 334 g/mol. The van der Waals surface area contributed by atoms with E-state index in [2.05, 4.69) is 21.4 Å². The molecule has 1 aliphatic rings. The van der Waals surface area contributed by atoms with Gasteiger partial charge in [-0.15, -0.1) is 0 Å². The first-order valence-electron chi connectivity index (χ1n) is 8.70. The van der Waals surface area contributed by atoms with Gasteiger partial charge >= 0.3 is 0 Å². The maximum atomic E-state index is 5.39. The number of hydrogen-bond acceptors (Lipinski definition) is 4. The molecule has 1 fully saturated rings. The Labute approximate surface area is 147 Å². The highest BCUT2D eigenvalue weighted by atomic mass is 16.5. The van der Waals surface area contributed by atoms with E-state index in [0.717, 1.165) is 60.0 Å². The van der Waals surface area contributed by atoms with Gasteiger partial charge in [0.15, 0.2) is 0 Å². The van der Waals surface area contributed by atoms with Crippen LogP contribution in [0.15, 0.2) is 48.8 Å². The zero-order valence-corrected chi connectivity index (χ0v) is 14.3. The Balaban J connectivity index is 1.81. The maximum absolute atomic E-state index is 5.39. The third-order valence-electron chi connectivity index (χ3n) is 4.76. The van der Waals surface area contributed by atoms with Gasteiger partial charge in [-0.2, -0.15) is 0 Å². The number of imidazole rings is 1. The number of ether oxygens (including phenoxy) is 1. The van der Waals surface area contributed by atoms with Gasteiger partial charge < -0.3 is 15.0 Å². The van der Waals surface area contributed by atoms with Crippen molar-refractivity contribution in [1.82, 2.24) is 20.3 Å². The van der Waals surface area contributed by atoms with Crippen molar-refractivity contribution in [1.29, 1.82) is 0 Å². The summed E-state index contributed by atoms with van der Waals surface area (Å²) in [5.41, 5.74) is 4.17. The fraction of sp³-hybridized carbons (Fsp3) is 0.300. The topological polar surface area (TPSA) is 62.8 Å². The first-order valence-corrected chi connectivity index (χ1v) is 8.70. The molecule has 5 heteroatoms. The van der Waals surface area contributed by atoms with E-state index in [4.69, 9.17) is 9.72 Å². The Morgan fingerprint density at radius 2 is 1.84 bits per heavy atom. The van der Waals surface area contributed by atoms with E-state index in [0.29, 0.717) is 5.92 Å². The van der Waals surface area contributed by atoms with Crippen LogP contribution < -0.4 is 10.1 Å². The number of methoxy groups -OCH3 is 1. The maximum Gasteiger partial charge on any atom is 0.119 e. The molecule has 0 bridgehead atoms. The lowest BCUT2D eigenvalue weighted by molar-refractivity contribution is 0.415. The fourth-order valence-electron chi connectivity index (χ4n) is 3.39. The molecule has 2 N–H and O–H groups in total. The number of benzene rings is 1. The molecule has 5 nitrogen and oxygen atoms in total. The van der Waals surface area contributed by atoms with Crippen LogP contribution in [0.1, 0.15) is 24.6 Å². The molecular formula is C20H22N4O. The number of aromatic amines is 1. The summed E-state index contributed by atoms with van der Waals surface area (Å²) in [6.07, 6.45) is 5.85. The van der Waals surface area contributed by atoms with Crippen LogP contribution >= 0.6 is 0 Å². The van der Waals surface area contributed by atoms with E-state index in [1.807, 2.05) is 42.7 Å². The Morgan fingerprint density at radius 1 is 1.04 bits per heavy atom. The van der Waals surface area contributed by atoms with Crippen molar-refractivity contribution < 1.29 is 4.74 Å². The van der Waals surface area contributed by atoms with Crippen LogP contribution in [0.3, 0.4) is 0 Å². The number of hydrogen-bond donors (Lipinski definition) is 2. The lowest BCUT2D eigenvalue weighted by atomic mass is 9.98. The molecular weight excluding hydrogens is 312 g/mol. The first kappa shape index (κ1) is 15.8. The van der Waals surface area contributed by atoms with Crippen LogP contribution in [0.25, 0.3) is 22.5 Å². The SMILES string of the molecule is COc1cccc(-c2nc(C3CCNCC3)[nH]c2-c2ccncc2)c1. The zero-order chi connectivity index (χ0) is 17.1. The van der Waals surface area contributed by atoms with Gasteiger partial charge in [0.2, 0.25) is 0 Å². The summed E-state index contributed by atoms with van der Waals surface area (Å²) >= 11 is 0. The highest BCUT2D eigenvalue weighted by Gasteiger charge is 2.22. The Bertz CT molecular complexity index is 838. The number of nitrogens with zero attached hydrogens (tertiary/aromatic N) is 2. The van der Waals surface area contributed by atoms with Crippen molar-refractivity contribution in [3.8, 4) is 28.3 Å². The summed E-state index contributed by atoms with van der Waals surface area (Å²) in [5, 5.41) is 3.42. The third kappa shape index (κ3) is 3.28. The molecule has 4 rings (SSSR count). The minimum atomic E-state index is 0.473. The molecule has 0 radical (unpaired) electrons. The molecule has 0 aliphatic carbocycles. The Kier molecular flexibility index (Phi) is 4.48. The number of piperidine rings is 1. The highest BCUT2D eigenvalue weighted by molar-refractivity contribution is 5.78. The molecule has 25 heavy (non-hydrogen) atoms. The summed E-state index contributed by atoms with van der Waals surface area (Å²) in [5.74, 6) is 2.39. The van der Waals surface area contributed by atoms with Crippen molar-refractivity contribution in [2.75, 3.05) is 20.2 Å². The van der Waals surface area contributed by atoms with Crippen molar-refractivity contribution in [3.05, 3.63) is 54.6 Å². The van der Waals surface area contributed by atoms with E-state index in [-0.39, 0.29) is 0 Å². The van der Waals surface area contributed by atoms with E-state index < -0.39 is 0 Å². The lowest BCUT2D eigenvalue weighted by Gasteiger charge is -2.20. The monoisotopic (exact) mass is 334 g/mol. The predicted molar refractivity (Wildman–Crippen MR) is 98.7 cm³/mol. The molecule has 1 aromatic carbocycles. The number of rotatable bonds is 4. The standard InChI is InChI=1S/C20H22N4O/c1-25-17-4-2-3-16(13-17)19-18(14-5-9-21-10-6-14)23-20(24-19)15-7-11-22-12-8-15/h2-6,9-10,13,15,22H,7-8,11-12H2,1H3,(H,23,24). The van der Waals surface area contributed by atoms with Crippen LogP contribution in [0, 0.1) is 0 Å². The summed E-state index contributed by atoms with van der Waals surface area (Å²) in [7, 11) is 1.69. The smallest absolute Gasteiger partial charge is 0.119 e. The zero-order valence-electron chi connectivity index (χ0n) is 14.3. The molecule has 3 heterocycles. The van der Waals surface area contributed by atoms with Crippen molar-refractivity contribution >= 4 is 0 Å². The van der Waals surface area contributed by atoms with Gasteiger partial charge in [-0.05, 0) is 50.2 Å². The average Bonchev–Trinajstić information content (AvgIpc) is 3.15. The van der Waals surface area contributed by atoms with E-state index >= 15 is 0 Å². The molecule has 0 unspecified atom stereocenters. The van der Waals surface area contributed by atoms with Crippen molar-refractivity contribution in [3.63, 3.8) is 0 Å².